The number of anilines is 1. The van der Waals surface area contributed by atoms with Crippen LogP contribution in [-0.2, 0) is 9.59 Å². The van der Waals surface area contributed by atoms with Crippen LogP contribution < -0.4 is 21.5 Å². The van der Waals surface area contributed by atoms with Gasteiger partial charge in [0.05, 0.1) is 0 Å². The van der Waals surface area contributed by atoms with E-state index in [-0.39, 0.29) is 11.0 Å². The summed E-state index contributed by atoms with van der Waals surface area (Å²) in [4.78, 5) is 34.9. The average molecular weight is 396 g/mol. The number of hydrogen-bond donors (Lipinski definition) is 4. The molecule has 0 aliphatic rings. The minimum Gasteiger partial charge on any atom is -0.326 e. The first kappa shape index (κ1) is 20.8. The summed E-state index contributed by atoms with van der Waals surface area (Å²) >= 11 is 4.98. The van der Waals surface area contributed by atoms with Crippen LogP contribution in [0.5, 0.6) is 0 Å². The highest BCUT2D eigenvalue weighted by Gasteiger charge is 2.07. The summed E-state index contributed by atoms with van der Waals surface area (Å²) in [5.41, 5.74) is 7.81. The van der Waals surface area contributed by atoms with Gasteiger partial charge in [-0.15, -0.1) is 0 Å². The zero-order chi connectivity index (χ0) is 20.5. The van der Waals surface area contributed by atoms with E-state index in [2.05, 4.69) is 21.5 Å². The number of benzene rings is 2. The van der Waals surface area contributed by atoms with Crippen molar-refractivity contribution in [1.29, 1.82) is 0 Å². The zero-order valence-corrected chi connectivity index (χ0v) is 16.2. The molecule has 0 unspecified atom stereocenters. The van der Waals surface area contributed by atoms with Gasteiger partial charge in [0, 0.05) is 24.3 Å². The van der Waals surface area contributed by atoms with Crippen LogP contribution in [0.25, 0.3) is 6.08 Å². The van der Waals surface area contributed by atoms with Crippen LogP contribution in [0.2, 0.25) is 0 Å². The summed E-state index contributed by atoms with van der Waals surface area (Å²) in [6.45, 7) is 3.38. The lowest BCUT2D eigenvalue weighted by Gasteiger charge is -2.10. The molecule has 8 heteroatoms. The Morgan fingerprint density at radius 2 is 1.57 bits per heavy atom. The fraction of sp³-hybridized carbons (Fsp3) is 0.100. The number of thiocarbonyl (C=S) groups is 1. The van der Waals surface area contributed by atoms with Gasteiger partial charge in [-0.25, -0.2) is 0 Å². The van der Waals surface area contributed by atoms with E-state index in [1.54, 1.807) is 30.3 Å². The molecule has 2 rings (SSSR count). The predicted octanol–water partition coefficient (Wildman–Crippen LogP) is 2.30. The molecule has 0 aliphatic carbocycles. The number of rotatable bonds is 4. The maximum atomic E-state index is 12.1. The van der Waals surface area contributed by atoms with Crippen molar-refractivity contribution < 1.29 is 14.4 Å². The number of hydrogen-bond acceptors (Lipinski definition) is 4. The van der Waals surface area contributed by atoms with Crippen LogP contribution in [0.4, 0.5) is 5.69 Å². The molecule has 7 nitrogen and oxygen atoms in total. The molecule has 2 aromatic rings. The monoisotopic (exact) mass is 396 g/mol. The molecule has 0 atom stereocenters. The Hall–Kier alpha value is -3.52. The molecule has 0 saturated carbocycles. The molecule has 28 heavy (non-hydrogen) atoms. The number of amides is 3. The molecule has 0 heterocycles. The van der Waals surface area contributed by atoms with E-state index >= 15 is 0 Å². The standard InChI is InChI=1S/C20H20N4O3S/c1-13-3-5-15(6-4-13)7-12-18(26)22-20(28)24-23-19(27)16-8-10-17(11-9-16)21-14(2)25/h3-12H,1-2H3,(H,21,25)(H,23,27)(H2,22,24,26,28). The number of aryl methyl sites for hydroxylation is 1. The summed E-state index contributed by atoms with van der Waals surface area (Å²) in [5, 5.41) is 5.00. The van der Waals surface area contributed by atoms with E-state index in [1.165, 1.54) is 13.0 Å². The van der Waals surface area contributed by atoms with Crippen molar-refractivity contribution in [3.8, 4) is 0 Å². The zero-order valence-electron chi connectivity index (χ0n) is 15.4. The van der Waals surface area contributed by atoms with Crippen molar-refractivity contribution in [2.75, 3.05) is 5.32 Å². The van der Waals surface area contributed by atoms with Crippen LogP contribution in [0.15, 0.2) is 54.6 Å². The van der Waals surface area contributed by atoms with Crippen LogP contribution >= 0.6 is 12.2 Å². The Bertz CT molecular complexity index is 906. The molecule has 3 amide bonds. The fourth-order valence-corrected chi connectivity index (χ4v) is 2.28. The van der Waals surface area contributed by atoms with Crippen molar-refractivity contribution in [3.63, 3.8) is 0 Å². The highest BCUT2D eigenvalue weighted by molar-refractivity contribution is 7.80. The van der Waals surface area contributed by atoms with E-state index in [0.29, 0.717) is 11.3 Å². The highest BCUT2D eigenvalue weighted by Crippen LogP contribution is 2.09. The molecule has 2 aromatic carbocycles. The molecule has 4 N–H and O–H groups in total. The molecule has 0 fully saturated rings. The third-order valence-electron chi connectivity index (χ3n) is 3.50. The summed E-state index contributed by atoms with van der Waals surface area (Å²) in [6, 6.07) is 14.0. The average Bonchev–Trinajstić information content (AvgIpc) is 2.66. The number of hydrazine groups is 1. The van der Waals surface area contributed by atoms with Crippen LogP contribution in [0, 0.1) is 6.92 Å². The van der Waals surface area contributed by atoms with Gasteiger partial charge in [0.1, 0.15) is 0 Å². The smallest absolute Gasteiger partial charge is 0.269 e. The lowest BCUT2D eigenvalue weighted by Crippen LogP contribution is -2.48. The Kier molecular flexibility index (Phi) is 7.41. The first-order valence-corrected chi connectivity index (χ1v) is 8.78. The highest BCUT2D eigenvalue weighted by atomic mass is 32.1. The van der Waals surface area contributed by atoms with Crippen molar-refractivity contribution >= 4 is 46.8 Å². The van der Waals surface area contributed by atoms with Crippen molar-refractivity contribution in [2.24, 2.45) is 0 Å². The van der Waals surface area contributed by atoms with Gasteiger partial charge in [-0.1, -0.05) is 29.8 Å². The van der Waals surface area contributed by atoms with Gasteiger partial charge < -0.3 is 5.32 Å². The Labute approximate surface area is 168 Å². The normalized spacial score (nSPS) is 10.2. The fourth-order valence-electron chi connectivity index (χ4n) is 2.13. The quantitative estimate of drug-likeness (QED) is 0.361. The molecule has 0 spiro atoms. The summed E-state index contributed by atoms with van der Waals surface area (Å²) in [7, 11) is 0. The van der Waals surface area contributed by atoms with Crippen LogP contribution in [0.1, 0.15) is 28.4 Å². The Morgan fingerprint density at radius 3 is 2.18 bits per heavy atom. The molecule has 0 radical (unpaired) electrons. The molecule has 0 saturated heterocycles. The van der Waals surface area contributed by atoms with Gasteiger partial charge in [0.15, 0.2) is 5.11 Å². The molecule has 144 valence electrons. The second kappa shape index (κ2) is 9.98. The maximum absolute atomic E-state index is 12.1. The SMILES string of the molecule is CC(=O)Nc1ccc(C(=O)NNC(=S)NC(=O)C=Cc2ccc(C)cc2)cc1. The van der Waals surface area contributed by atoms with E-state index in [9.17, 15) is 14.4 Å². The largest absolute Gasteiger partial charge is 0.326 e. The first-order valence-electron chi connectivity index (χ1n) is 8.37. The van der Waals surface area contributed by atoms with Gasteiger partial charge >= 0.3 is 0 Å². The third-order valence-corrected chi connectivity index (χ3v) is 3.70. The van der Waals surface area contributed by atoms with Gasteiger partial charge in [-0.05, 0) is 55.0 Å². The molecule has 0 aliphatic heterocycles. The Morgan fingerprint density at radius 1 is 0.929 bits per heavy atom. The topological polar surface area (TPSA) is 99.3 Å². The second-order valence-corrected chi connectivity index (χ2v) is 6.31. The minimum absolute atomic E-state index is 0.0400. The van der Waals surface area contributed by atoms with Crippen LogP contribution in [-0.4, -0.2) is 22.8 Å². The predicted molar refractivity (Wildman–Crippen MR) is 112 cm³/mol. The number of carbonyl (C=O) groups excluding carboxylic acids is 3. The van der Waals surface area contributed by atoms with Gasteiger partial charge in [0.2, 0.25) is 11.8 Å². The summed E-state index contributed by atoms with van der Waals surface area (Å²) < 4.78 is 0. The molecular formula is C20H20N4O3S. The minimum atomic E-state index is -0.443. The summed E-state index contributed by atoms with van der Waals surface area (Å²) in [5.74, 6) is -1.07. The Balaban J connectivity index is 1.79. The van der Waals surface area contributed by atoms with Crippen LogP contribution in [0.3, 0.4) is 0 Å². The third kappa shape index (κ3) is 7.00. The summed E-state index contributed by atoms with van der Waals surface area (Å²) in [6.07, 6.45) is 3.01. The molecule has 0 bridgehead atoms. The van der Waals surface area contributed by atoms with E-state index in [0.717, 1.165) is 11.1 Å². The van der Waals surface area contributed by atoms with Crippen molar-refractivity contribution in [3.05, 3.63) is 71.3 Å². The molecular weight excluding hydrogens is 376 g/mol. The number of nitrogens with one attached hydrogen (secondary N) is 4. The lowest BCUT2D eigenvalue weighted by molar-refractivity contribution is -0.115. The van der Waals surface area contributed by atoms with E-state index in [1.807, 2.05) is 31.2 Å². The van der Waals surface area contributed by atoms with Gasteiger partial charge in [-0.2, -0.15) is 0 Å². The van der Waals surface area contributed by atoms with Gasteiger partial charge in [-0.3, -0.25) is 30.6 Å². The van der Waals surface area contributed by atoms with E-state index < -0.39 is 11.8 Å². The van der Waals surface area contributed by atoms with E-state index in [4.69, 9.17) is 12.2 Å². The second-order valence-electron chi connectivity index (χ2n) is 5.90. The maximum Gasteiger partial charge on any atom is 0.269 e. The lowest BCUT2D eigenvalue weighted by atomic mass is 10.1. The number of carbonyl (C=O) groups is 3. The van der Waals surface area contributed by atoms with Gasteiger partial charge in [0.25, 0.3) is 5.91 Å². The van der Waals surface area contributed by atoms with Crippen molar-refractivity contribution in [1.82, 2.24) is 16.2 Å². The van der Waals surface area contributed by atoms with Crippen molar-refractivity contribution in [2.45, 2.75) is 13.8 Å². The first-order chi connectivity index (χ1) is 13.3. The molecule has 0 aromatic heterocycles.